The maximum absolute atomic E-state index is 13.5. The lowest BCUT2D eigenvalue weighted by atomic mass is 10.0. The van der Waals surface area contributed by atoms with Crippen molar-refractivity contribution in [3.8, 4) is 22.9 Å². The summed E-state index contributed by atoms with van der Waals surface area (Å²) in [5.74, 6) is 2.17. The van der Waals surface area contributed by atoms with E-state index >= 15 is 0 Å². The third-order valence-corrected chi connectivity index (χ3v) is 6.17. The minimum atomic E-state index is -0.313. The average Bonchev–Trinajstić information content (AvgIpc) is 3.48. The Morgan fingerprint density at radius 1 is 1.05 bits per heavy atom. The number of nitrogens with zero attached hydrogens (tertiary/aromatic N) is 5. The summed E-state index contributed by atoms with van der Waals surface area (Å²) in [7, 11) is 4.98. The van der Waals surface area contributed by atoms with Crippen molar-refractivity contribution < 1.29 is 14.2 Å². The van der Waals surface area contributed by atoms with Gasteiger partial charge in [-0.05, 0) is 12.0 Å². The predicted molar refractivity (Wildman–Crippen MR) is 144 cm³/mol. The molecule has 0 bridgehead atoms. The van der Waals surface area contributed by atoms with Gasteiger partial charge < -0.3 is 29.5 Å². The molecule has 38 heavy (non-hydrogen) atoms. The highest BCUT2D eigenvalue weighted by atomic mass is 16.5. The Bertz CT molecular complexity index is 1620. The lowest BCUT2D eigenvalue weighted by Gasteiger charge is -2.23. The molecule has 4 aromatic heterocycles. The van der Waals surface area contributed by atoms with Gasteiger partial charge in [-0.1, -0.05) is 13.8 Å². The fourth-order valence-corrected chi connectivity index (χ4v) is 4.35. The molecule has 1 atom stereocenters. The Balaban J connectivity index is 1.67. The van der Waals surface area contributed by atoms with Gasteiger partial charge in [-0.15, -0.1) is 0 Å². The van der Waals surface area contributed by atoms with Crippen molar-refractivity contribution in [2.75, 3.05) is 32.8 Å². The van der Waals surface area contributed by atoms with Gasteiger partial charge in [-0.3, -0.25) is 9.48 Å². The van der Waals surface area contributed by atoms with Gasteiger partial charge in [0.15, 0.2) is 17.3 Å². The van der Waals surface area contributed by atoms with Crippen molar-refractivity contribution in [2.24, 2.45) is 13.0 Å². The first-order valence-electron chi connectivity index (χ1n) is 12.2. The summed E-state index contributed by atoms with van der Waals surface area (Å²) in [6.45, 7) is 4.93. The van der Waals surface area contributed by atoms with Crippen LogP contribution in [0.4, 0.5) is 5.69 Å². The highest BCUT2D eigenvalue weighted by molar-refractivity contribution is 5.96. The molecule has 1 aromatic carbocycles. The zero-order valence-electron chi connectivity index (χ0n) is 21.9. The van der Waals surface area contributed by atoms with Gasteiger partial charge in [0, 0.05) is 44.9 Å². The largest absolute Gasteiger partial charge is 0.493 e. The predicted octanol–water partition coefficient (Wildman–Crippen LogP) is 3.44. The molecule has 3 N–H and O–H groups in total. The summed E-state index contributed by atoms with van der Waals surface area (Å²) in [6.07, 6.45) is 5.17. The standard InChI is InChI=1S/C26H30N8O4/c1-14(2)21(25-27-7-6-8-28-25)32-23-20(26(35)31-17-13-34(3)33-22(17)23)24-29-15-11-18(37-5)19(12-16(15)30-24)38-10-9-36-4/h6-8,11-14,21,32H,9-10H2,1-5H3,(H,29,30)(H,31,35)/t21-/m1/s1. The first kappa shape index (κ1) is 25.2. The molecule has 0 saturated carbocycles. The number of hydrogen-bond donors (Lipinski definition) is 3. The van der Waals surface area contributed by atoms with E-state index in [1.807, 2.05) is 0 Å². The maximum Gasteiger partial charge on any atom is 0.261 e. The van der Waals surface area contributed by atoms with E-state index < -0.39 is 0 Å². The molecule has 12 heteroatoms. The first-order chi connectivity index (χ1) is 18.4. The van der Waals surface area contributed by atoms with Crippen molar-refractivity contribution in [3.05, 3.63) is 53.0 Å². The van der Waals surface area contributed by atoms with Gasteiger partial charge in [0.1, 0.15) is 23.5 Å². The number of aryl methyl sites for hydroxylation is 1. The minimum Gasteiger partial charge on any atom is -0.493 e. The van der Waals surface area contributed by atoms with Crippen LogP contribution in [0.15, 0.2) is 41.6 Å². The number of nitrogens with one attached hydrogen (secondary N) is 3. The Hall–Kier alpha value is -4.45. The highest BCUT2D eigenvalue weighted by Gasteiger charge is 2.26. The van der Waals surface area contributed by atoms with Gasteiger partial charge in [0.25, 0.3) is 5.56 Å². The molecule has 0 fully saturated rings. The summed E-state index contributed by atoms with van der Waals surface area (Å²) in [4.78, 5) is 33.4. The van der Waals surface area contributed by atoms with E-state index in [2.05, 4.69) is 44.2 Å². The number of H-pyrrole nitrogens is 2. The fraction of sp³-hybridized carbons (Fsp3) is 0.346. The molecule has 0 aliphatic rings. The third kappa shape index (κ3) is 4.77. The van der Waals surface area contributed by atoms with Crippen LogP contribution in [0.3, 0.4) is 0 Å². The first-order valence-corrected chi connectivity index (χ1v) is 12.2. The van der Waals surface area contributed by atoms with Crippen molar-refractivity contribution in [3.63, 3.8) is 0 Å². The normalized spacial score (nSPS) is 12.4. The van der Waals surface area contributed by atoms with Crippen LogP contribution in [0.2, 0.25) is 0 Å². The second kappa shape index (κ2) is 10.5. The maximum atomic E-state index is 13.5. The molecule has 0 radical (unpaired) electrons. The number of rotatable bonds is 10. The van der Waals surface area contributed by atoms with Gasteiger partial charge in [-0.25, -0.2) is 15.0 Å². The number of ether oxygens (including phenoxy) is 3. The van der Waals surface area contributed by atoms with E-state index in [1.165, 1.54) is 0 Å². The van der Waals surface area contributed by atoms with Crippen LogP contribution < -0.4 is 20.3 Å². The molecule has 12 nitrogen and oxygen atoms in total. The van der Waals surface area contributed by atoms with Crippen LogP contribution in [-0.2, 0) is 11.8 Å². The summed E-state index contributed by atoms with van der Waals surface area (Å²) < 4.78 is 18.1. The van der Waals surface area contributed by atoms with Crippen LogP contribution in [0.5, 0.6) is 11.5 Å². The molecule has 5 rings (SSSR count). The van der Waals surface area contributed by atoms with Crippen molar-refractivity contribution >= 4 is 27.8 Å². The van der Waals surface area contributed by atoms with Gasteiger partial charge in [-0.2, -0.15) is 5.10 Å². The number of anilines is 1. The third-order valence-electron chi connectivity index (χ3n) is 6.17. The summed E-state index contributed by atoms with van der Waals surface area (Å²) >= 11 is 0. The monoisotopic (exact) mass is 518 g/mol. The van der Waals surface area contributed by atoms with Crippen LogP contribution in [0, 0.1) is 5.92 Å². The Morgan fingerprint density at radius 3 is 2.55 bits per heavy atom. The van der Waals surface area contributed by atoms with E-state index in [-0.39, 0.29) is 17.5 Å². The Morgan fingerprint density at radius 2 is 1.84 bits per heavy atom. The molecule has 4 heterocycles. The average molecular weight is 519 g/mol. The number of imidazole rings is 1. The lowest BCUT2D eigenvalue weighted by molar-refractivity contribution is 0.144. The topological polar surface area (TPSA) is 145 Å². The smallest absolute Gasteiger partial charge is 0.261 e. The Labute approximate surface area is 218 Å². The SMILES string of the molecule is COCCOc1cc2[nH]c(-c3c(N[C@@H](c4ncccn4)C(C)C)c4nn(C)cc4[nH]c3=O)nc2cc1OC. The molecule has 0 aliphatic carbocycles. The molecule has 0 amide bonds. The summed E-state index contributed by atoms with van der Waals surface area (Å²) in [6, 6.07) is 5.06. The van der Waals surface area contributed by atoms with Crippen LogP contribution in [0.1, 0.15) is 25.7 Å². The number of methoxy groups -OCH3 is 2. The van der Waals surface area contributed by atoms with Gasteiger partial charge in [0.05, 0.1) is 42.0 Å². The number of hydrogen-bond acceptors (Lipinski definition) is 9. The number of pyridine rings is 1. The summed E-state index contributed by atoms with van der Waals surface area (Å²) in [5.41, 5.74) is 3.07. The van der Waals surface area contributed by atoms with E-state index in [4.69, 9.17) is 19.2 Å². The molecule has 0 aliphatic heterocycles. The molecule has 0 spiro atoms. The minimum absolute atomic E-state index is 0.107. The van der Waals surface area contributed by atoms with Crippen molar-refractivity contribution in [1.29, 1.82) is 0 Å². The molecular formula is C26H30N8O4. The molecule has 0 saturated heterocycles. The molecular weight excluding hydrogens is 488 g/mol. The van der Waals surface area contributed by atoms with E-state index in [0.717, 1.165) is 0 Å². The van der Waals surface area contributed by atoms with E-state index in [9.17, 15) is 4.79 Å². The van der Waals surface area contributed by atoms with Gasteiger partial charge in [0.2, 0.25) is 0 Å². The second-order valence-electron chi connectivity index (χ2n) is 9.19. The molecule has 198 valence electrons. The van der Waals surface area contributed by atoms with Crippen molar-refractivity contribution in [1.82, 2.24) is 34.7 Å². The quantitative estimate of drug-likeness (QED) is 0.237. The van der Waals surface area contributed by atoms with Crippen LogP contribution >= 0.6 is 0 Å². The number of fused-ring (bicyclic) bond motifs is 2. The fourth-order valence-electron chi connectivity index (χ4n) is 4.35. The summed E-state index contributed by atoms with van der Waals surface area (Å²) in [5, 5.41) is 8.16. The Kier molecular flexibility index (Phi) is 6.97. The highest BCUT2D eigenvalue weighted by Crippen LogP contribution is 2.36. The number of benzene rings is 1. The zero-order valence-corrected chi connectivity index (χ0v) is 21.9. The zero-order chi connectivity index (χ0) is 26.8. The molecule has 0 unspecified atom stereocenters. The van der Waals surface area contributed by atoms with Crippen LogP contribution in [-0.4, -0.2) is 62.1 Å². The van der Waals surface area contributed by atoms with Crippen molar-refractivity contribution in [2.45, 2.75) is 19.9 Å². The second-order valence-corrected chi connectivity index (χ2v) is 9.19. The van der Waals surface area contributed by atoms with Crippen LogP contribution in [0.25, 0.3) is 33.5 Å². The lowest BCUT2D eigenvalue weighted by Crippen LogP contribution is -2.22. The van der Waals surface area contributed by atoms with E-state index in [1.54, 1.807) is 62.7 Å². The van der Waals surface area contributed by atoms with E-state index in [0.29, 0.717) is 69.7 Å². The number of aromatic nitrogens is 7. The number of aromatic amines is 2. The van der Waals surface area contributed by atoms with Gasteiger partial charge >= 0.3 is 0 Å². The molecule has 5 aromatic rings.